The van der Waals surface area contributed by atoms with Gasteiger partial charge >= 0.3 is 23.1 Å². The van der Waals surface area contributed by atoms with E-state index in [2.05, 4.69) is 6.07 Å². The van der Waals surface area contributed by atoms with Gasteiger partial charge in [-0.1, -0.05) is 0 Å². The van der Waals surface area contributed by atoms with Crippen LogP contribution in [0.2, 0.25) is 0 Å². The van der Waals surface area contributed by atoms with E-state index in [4.69, 9.17) is 5.11 Å². The Morgan fingerprint density at radius 2 is 1.67 bits per heavy atom. The second-order valence-electron chi connectivity index (χ2n) is 1.26. The first-order chi connectivity index (χ1) is 3.39. The Bertz CT molecular complexity index is 143. The summed E-state index contributed by atoms with van der Waals surface area (Å²) in [6, 6.07) is 9.26. The maximum Gasteiger partial charge on any atom is 2.00 e. The predicted octanol–water partition coefficient (Wildman–Crippen LogP) is -2.18. The number of aromatic hydroxyl groups is 1. The van der Waals surface area contributed by atoms with E-state index in [9.17, 15) is 0 Å². The third-order valence-corrected chi connectivity index (χ3v) is 0.701. The van der Waals surface area contributed by atoms with Crippen molar-refractivity contribution in [3.8, 4) is 5.75 Å². The first kappa shape index (κ1) is 12.0. The van der Waals surface area contributed by atoms with Crippen molar-refractivity contribution in [1.29, 1.82) is 0 Å². The summed E-state index contributed by atoms with van der Waals surface area (Å²) < 4.78 is 0. The Balaban J connectivity index is 0. The molecule has 0 saturated carbocycles. The molecule has 1 rings (SSSR count). The van der Waals surface area contributed by atoms with Crippen LogP contribution >= 0.6 is 0 Å². The van der Waals surface area contributed by atoms with E-state index in [-0.39, 0.29) is 40.0 Å². The first-order valence-electron chi connectivity index (χ1n) is 2.04. The molecule has 1 N–H and O–H groups in total. The van der Waals surface area contributed by atoms with Gasteiger partial charge in [0.25, 0.3) is 0 Å². The van der Waals surface area contributed by atoms with Crippen molar-refractivity contribution < 1.29 is 22.1 Å². The van der Waals surface area contributed by atoms with Crippen molar-refractivity contribution in [2.24, 2.45) is 0 Å². The number of hydrogen-bond acceptors (Lipinski definition) is 1. The maximum absolute atomic E-state index is 8.61. The summed E-state index contributed by atoms with van der Waals surface area (Å²) in [7, 11) is 0. The van der Waals surface area contributed by atoms with E-state index in [0.29, 0.717) is 5.75 Å². The van der Waals surface area contributed by atoms with Crippen LogP contribution in [0.5, 0.6) is 5.75 Å². The number of phenolic OH excluding ortho intramolecular Hbond substituents is 1. The Morgan fingerprint density at radius 3 is 1.89 bits per heavy atom. The molecule has 1 nitrogen and oxygen atoms in total. The summed E-state index contributed by atoms with van der Waals surface area (Å²) in [5.74, 6) is 0.291. The van der Waals surface area contributed by atoms with E-state index in [0.717, 1.165) is 0 Å². The summed E-state index contributed by atoms with van der Waals surface area (Å²) in [5, 5.41) is 8.61. The Morgan fingerprint density at radius 1 is 1.22 bits per heavy atom. The predicted molar refractivity (Wildman–Crippen MR) is 32.7 cm³/mol. The monoisotopic (exact) mass is 196 g/mol. The molecule has 0 heterocycles. The first-order valence-corrected chi connectivity index (χ1v) is 2.04. The minimum absolute atomic E-state index is 0. The molecule has 0 aromatic heterocycles. The van der Waals surface area contributed by atoms with Gasteiger partial charge in [-0.25, -0.2) is 0 Å². The molecule has 0 radical (unpaired) electrons. The van der Waals surface area contributed by atoms with Crippen LogP contribution in [-0.2, 0) is 0 Å². The van der Waals surface area contributed by atoms with Gasteiger partial charge in [-0.3, -0.25) is 0 Å². The average Bonchev–Trinajstić information content (AvgIpc) is 1.69. The van der Waals surface area contributed by atoms with E-state index >= 15 is 0 Å². The zero-order valence-electron chi connectivity index (χ0n) is 4.84. The zero-order valence-corrected chi connectivity index (χ0v) is 7.84. The van der Waals surface area contributed by atoms with Crippen molar-refractivity contribution in [3.05, 3.63) is 30.3 Å². The van der Waals surface area contributed by atoms with E-state index < -0.39 is 0 Å². The molecule has 3 heteroatoms. The van der Waals surface area contributed by atoms with Crippen LogP contribution in [0.15, 0.2) is 24.3 Å². The third-order valence-electron chi connectivity index (χ3n) is 0.701. The fourth-order valence-corrected chi connectivity index (χ4v) is 0.378. The SMILES string of the molecule is Oc1cc[c-]cc1.[Br-].[Mg+2]. The van der Waals surface area contributed by atoms with Gasteiger partial charge in [0.15, 0.2) is 0 Å². The van der Waals surface area contributed by atoms with Crippen LogP contribution in [0, 0.1) is 6.07 Å². The Kier molecular flexibility index (Phi) is 8.51. The molecular weight excluding hydrogens is 192 g/mol. The van der Waals surface area contributed by atoms with Crippen molar-refractivity contribution in [1.82, 2.24) is 0 Å². The Hall–Kier alpha value is 0.266. The molecule has 0 amide bonds. The van der Waals surface area contributed by atoms with E-state index in [1.165, 1.54) is 0 Å². The van der Waals surface area contributed by atoms with Crippen molar-refractivity contribution in [2.75, 3.05) is 0 Å². The molecule has 0 saturated heterocycles. The molecule has 0 fully saturated rings. The van der Waals surface area contributed by atoms with Gasteiger partial charge in [0, 0.05) is 5.75 Å². The van der Waals surface area contributed by atoms with Crippen LogP contribution in [0.4, 0.5) is 0 Å². The maximum atomic E-state index is 8.61. The molecule has 1 aromatic rings. The molecule has 0 aliphatic heterocycles. The second-order valence-corrected chi connectivity index (χ2v) is 1.26. The van der Waals surface area contributed by atoms with Crippen LogP contribution in [0.25, 0.3) is 0 Å². The molecule has 9 heavy (non-hydrogen) atoms. The van der Waals surface area contributed by atoms with Crippen molar-refractivity contribution >= 4 is 23.1 Å². The van der Waals surface area contributed by atoms with Crippen molar-refractivity contribution in [3.63, 3.8) is 0 Å². The fourth-order valence-electron chi connectivity index (χ4n) is 0.378. The molecule has 0 bridgehead atoms. The van der Waals surface area contributed by atoms with Gasteiger partial charge in [-0.2, -0.15) is 18.2 Å². The summed E-state index contributed by atoms with van der Waals surface area (Å²) in [4.78, 5) is 0. The molecule has 1 aromatic carbocycles. The molecule has 0 aliphatic carbocycles. The van der Waals surface area contributed by atoms with Gasteiger partial charge in [-0.05, 0) is 0 Å². The third kappa shape index (κ3) is 4.75. The van der Waals surface area contributed by atoms with Crippen LogP contribution in [0.1, 0.15) is 0 Å². The number of halogens is 1. The van der Waals surface area contributed by atoms with Crippen LogP contribution in [-0.4, -0.2) is 28.2 Å². The van der Waals surface area contributed by atoms with E-state index in [1.54, 1.807) is 24.3 Å². The van der Waals surface area contributed by atoms with Gasteiger partial charge in [0.1, 0.15) is 0 Å². The second kappa shape index (κ2) is 6.39. The van der Waals surface area contributed by atoms with Crippen molar-refractivity contribution in [2.45, 2.75) is 0 Å². The molecule has 0 spiro atoms. The smallest absolute Gasteiger partial charge is 1.00 e. The Labute approximate surface area is 81.0 Å². The van der Waals surface area contributed by atoms with Gasteiger partial charge in [0.05, 0.1) is 0 Å². The molecule has 0 aliphatic rings. The number of phenols is 1. The average molecular weight is 197 g/mol. The largest absolute Gasteiger partial charge is 2.00 e. The minimum Gasteiger partial charge on any atom is -1.00 e. The summed E-state index contributed by atoms with van der Waals surface area (Å²) in [5.41, 5.74) is 0. The summed E-state index contributed by atoms with van der Waals surface area (Å²) >= 11 is 0. The standard InChI is InChI=1S/C6H5O.BrH.Mg/c7-6-4-2-1-3-5-6;;/h2-5,7H;1H;/q-1;;+2/p-1. The normalized spacial score (nSPS) is 6.67. The number of hydrogen-bond donors (Lipinski definition) is 1. The minimum atomic E-state index is 0. The molecule has 44 valence electrons. The topological polar surface area (TPSA) is 20.2 Å². The van der Waals surface area contributed by atoms with Crippen LogP contribution in [0.3, 0.4) is 0 Å². The molecular formula is C6H5BrMgO. The van der Waals surface area contributed by atoms with Crippen LogP contribution < -0.4 is 17.0 Å². The zero-order chi connectivity index (χ0) is 5.11. The van der Waals surface area contributed by atoms with Gasteiger partial charge in [-0.15, -0.1) is 12.1 Å². The van der Waals surface area contributed by atoms with E-state index in [1.807, 2.05) is 0 Å². The van der Waals surface area contributed by atoms with Gasteiger partial charge in [0.2, 0.25) is 0 Å². The fraction of sp³-hybridized carbons (Fsp3) is 0. The molecule has 0 unspecified atom stereocenters. The quantitative estimate of drug-likeness (QED) is 0.370. The number of rotatable bonds is 0. The van der Waals surface area contributed by atoms with Gasteiger partial charge < -0.3 is 22.1 Å². The summed E-state index contributed by atoms with van der Waals surface area (Å²) in [6.07, 6.45) is 0. The molecule has 0 atom stereocenters. The summed E-state index contributed by atoms with van der Waals surface area (Å²) in [6.45, 7) is 0. The number of benzene rings is 1.